The normalized spacial score (nSPS) is 19.0. The summed E-state index contributed by atoms with van der Waals surface area (Å²) >= 11 is 0. The molecule has 3 heteroatoms. The van der Waals surface area contributed by atoms with E-state index >= 15 is 0 Å². The van der Waals surface area contributed by atoms with Crippen molar-refractivity contribution in [2.75, 3.05) is 7.11 Å². The van der Waals surface area contributed by atoms with Crippen molar-refractivity contribution in [2.45, 2.75) is 37.6 Å². The molecule has 1 aliphatic rings. The minimum atomic E-state index is -0.148. The lowest BCUT2D eigenvalue weighted by atomic mass is 9.77. The number of rotatable bonds is 2. The molecular formula is C15H20N2O. The second kappa shape index (κ2) is 4.32. The highest BCUT2D eigenvalue weighted by atomic mass is 16.5. The number of hydrogen-bond donors (Lipinski definition) is 2. The van der Waals surface area contributed by atoms with Crippen molar-refractivity contribution in [1.29, 1.82) is 0 Å². The smallest absolute Gasteiger partial charge is 0.120 e. The molecule has 0 spiro atoms. The molecule has 0 aliphatic heterocycles. The lowest BCUT2D eigenvalue weighted by Crippen LogP contribution is -2.38. The minimum absolute atomic E-state index is 0.148. The maximum atomic E-state index is 6.61. The van der Waals surface area contributed by atoms with Gasteiger partial charge in [0.05, 0.1) is 7.11 Å². The van der Waals surface area contributed by atoms with Gasteiger partial charge in [0.2, 0.25) is 0 Å². The highest BCUT2D eigenvalue weighted by Crippen LogP contribution is 2.38. The van der Waals surface area contributed by atoms with E-state index in [1.54, 1.807) is 7.11 Å². The third-order valence-electron chi connectivity index (χ3n) is 4.17. The number of fused-ring (bicyclic) bond motifs is 1. The highest BCUT2D eigenvalue weighted by Gasteiger charge is 2.31. The monoisotopic (exact) mass is 244 g/mol. The fourth-order valence-corrected chi connectivity index (χ4v) is 3.10. The molecule has 0 radical (unpaired) electrons. The second-order valence-electron chi connectivity index (χ2n) is 5.33. The zero-order chi connectivity index (χ0) is 12.6. The summed E-state index contributed by atoms with van der Waals surface area (Å²) in [6, 6.07) is 6.15. The Kier molecular flexibility index (Phi) is 2.78. The van der Waals surface area contributed by atoms with Crippen molar-refractivity contribution in [1.82, 2.24) is 4.98 Å². The molecule has 1 fully saturated rings. The van der Waals surface area contributed by atoms with Gasteiger partial charge in [-0.05, 0) is 30.5 Å². The zero-order valence-corrected chi connectivity index (χ0v) is 10.8. The van der Waals surface area contributed by atoms with Crippen molar-refractivity contribution < 1.29 is 4.74 Å². The lowest BCUT2D eigenvalue weighted by Gasteiger charge is -2.33. The van der Waals surface area contributed by atoms with E-state index in [2.05, 4.69) is 17.2 Å². The van der Waals surface area contributed by atoms with E-state index in [4.69, 9.17) is 10.5 Å². The summed E-state index contributed by atoms with van der Waals surface area (Å²) in [5.74, 6) is 0.880. The third-order valence-corrected chi connectivity index (χ3v) is 4.17. The SMILES string of the molecule is COc1ccc2c(C3(N)CCCCC3)c[nH]c2c1. The van der Waals surface area contributed by atoms with Gasteiger partial charge in [0.1, 0.15) is 5.75 Å². The number of H-pyrrole nitrogens is 1. The molecule has 1 saturated carbocycles. The Bertz CT molecular complexity index is 553. The first-order valence-electron chi connectivity index (χ1n) is 6.67. The van der Waals surface area contributed by atoms with E-state index < -0.39 is 0 Å². The average Bonchev–Trinajstić information content (AvgIpc) is 2.83. The molecule has 3 N–H and O–H groups in total. The third kappa shape index (κ3) is 1.79. The first-order chi connectivity index (χ1) is 8.73. The Morgan fingerprint density at radius 3 is 2.72 bits per heavy atom. The number of hydrogen-bond acceptors (Lipinski definition) is 2. The van der Waals surface area contributed by atoms with Gasteiger partial charge in [0.25, 0.3) is 0 Å². The van der Waals surface area contributed by atoms with Gasteiger partial charge in [0.15, 0.2) is 0 Å². The second-order valence-corrected chi connectivity index (χ2v) is 5.33. The van der Waals surface area contributed by atoms with E-state index in [1.807, 2.05) is 12.1 Å². The molecule has 0 amide bonds. The molecular weight excluding hydrogens is 224 g/mol. The largest absolute Gasteiger partial charge is 0.497 e. The van der Waals surface area contributed by atoms with Gasteiger partial charge in [-0.2, -0.15) is 0 Å². The van der Waals surface area contributed by atoms with E-state index in [0.717, 1.165) is 24.1 Å². The molecule has 0 unspecified atom stereocenters. The van der Waals surface area contributed by atoms with Gasteiger partial charge in [0, 0.05) is 28.7 Å². The molecule has 0 atom stereocenters. The Morgan fingerprint density at radius 1 is 1.22 bits per heavy atom. The van der Waals surface area contributed by atoms with Crippen molar-refractivity contribution in [3.05, 3.63) is 30.0 Å². The molecule has 18 heavy (non-hydrogen) atoms. The Morgan fingerprint density at radius 2 is 2.00 bits per heavy atom. The van der Waals surface area contributed by atoms with Crippen LogP contribution < -0.4 is 10.5 Å². The first-order valence-corrected chi connectivity index (χ1v) is 6.67. The molecule has 2 aromatic rings. The number of aromatic nitrogens is 1. The summed E-state index contributed by atoms with van der Waals surface area (Å²) in [6.45, 7) is 0. The molecule has 1 heterocycles. The molecule has 1 aromatic heterocycles. The minimum Gasteiger partial charge on any atom is -0.497 e. The molecule has 3 rings (SSSR count). The number of nitrogens with one attached hydrogen (secondary N) is 1. The summed E-state index contributed by atoms with van der Waals surface area (Å²) < 4.78 is 5.25. The fraction of sp³-hybridized carbons (Fsp3) is 0.467. The number of ether oxygens (including phenoxy) is 1. The molecule has 96 valence electrons. The van der Waals surface area contributed by atoms with Crippen LogP contribution in [0.1, 0.15) is 37.7 Å². The van der Waals surface area contributed by atoms with E-state index in [1.165, 1.54) is 30.2 Å². The van der Waals surface area contributed by atoms with Gasteiger partial charge in [-0.25, -0.2) is 0 Å². The standard InChI is InChI=1S/C15H20N2O/c1-18-11-5-6-12-13(10-17-14(12)9-11)15(16)7-3-2-4-8-15/h5-6,9-10,17H,2-4,7-8,16H2,1H3. The van der Waals surface area contributed by atoms with Crippen LogP contribution in [0.3, 0.4) is 0 Å². The van der Waals surface area contributed by atoms with Gasteiger partial charge >= 0.3 is 0 Å². The first kappa shape index (κ1) is 11.6. The maximum absolute atomic E-state index is 6.61. The molecule has 3 nitrogen and oxygen atoms in total. The molecule has 1 aliphatic carbocycles. The molecule has 0 bridgehead atoms. The summed E-state index contributed by atoms with van der Waals surface area (Å²) in [5.41, 5.74) is 8.84. The zero-order valence-electron chi connectivity index (χ0n) is 10.8. The quantitative estimate of drug-likeness (QED) is 0.851. The predicted octanol–water partition coefficient (Wildman–Crippen LogP) is 3.29. The van der Waals surface area contributed by atoms with E-state index in [9.17, 15) is 0 Å². The van der Waals surface area contributed by atoms with E-state index in [-0.39, 0.29) is 5.54 Å². The predicted molar refractivity (Wildman–Crippen MR) is 73.8 cm³/mol. The van der Waals surface area contributed by atoms with Crippen LogP contribution in [0.15, 0.2) is 24.4 Å². The fourth-order valence-electron chi connectivity index (χ4n) is 3.10. The van der Waals surface area contributed by atoms with Crippen molar-refractivity contribution in [2.24, 2.45) is 5.73 Å². The Labute approximate surface area is 107 Å². The number of aromatic amines is 1. The van der Waals surface area contributed by atoms with Crippen LogP contribution in [0.2, 0.25) is 0 Å². The van der Waals surface area contributed by atoms with Crippen LogP contribution in [0.4, 0.5) is 0 Å². The lowest BCUT2D eigenvalue weighted by molar-refractivity contribution is 0.304. The van der Waals surface area contributed by atoms with Crippen molar-refractivity contribution in [3.63, 3.8) is 0 Å². The van der Waals surface area contributed by atoms with E-state index in [0.29, 0.717) is 0 Å². The number of methoxy groups -OCH3 is 1. The average molecular weight is 244 g/mol. The van der Waals surface area contributed by atoms with Gasteiger partial charge < -0.3 is 15.5 Å². The summed E-state index contributed by atoms with van der Waals surface area (Å²) in [5, 5.41) is 1.24. The van der Waals surface area contributed by atoms with Crippen molar-refractivity contribution in [3.8, 4) is 5.75 Å². The van der Waals surface area contributed by atoms with Crippen LogP contribution in [-0.4, -0.2) is 12.1 Å². The Balaban J connectivity index is 2.06. The van der Waals surface area contributed by atoms with Crippen molar-refractivity contribution >= 4 is 10.9 Å². The van der Waals surface area contributed by atoms with Gasteiger partial charge in [-0.15, -0.1) is 0 Å². The Hall–Kier alpha value is -1.48. The molecule has 0 saturated heterocycles. The maximum Gasteiger partial charge on any atom is 0.120 e. The summed E-state index contributed by atoms with van der Waals surface area (Å²) in [7, 11) is 1.69. The van der Waals surface area contributed by atoms with Crippen LogP contribution in [0, 0.1) is 0 Å². The van der Waals surface area contributed by atoms with Crippen LogP contribution in [-0.2, 0) is 5.54 Å². The molecule has 1 aromatic carbocycles. The number of benzene rings is 1. The highest BCUT2D eigenvalue weighted by molar-refractivity contribution is 5.85. The van der Waals surface area contributed by atoms with Crippen LogP contribution in [0.25, 0.3) is 10.9 Å². The van der Waals surface area contributed by atoms with Crippen LogP contribution >= 0.6 is 0 Å². The van der Waals surface area contributed by atoms with Crippen LogP contribution in [0.5, 0.6) is 5.75 Å². The summed E-state index contributed by atoms with van der Waals surface area (Å²) in [4.78, 5) is 3.33. The summed E-state index contributed by atoms with van der Waals surface area (Å²) in [6.07, 6.45) is 8.04. The van der Waals surface area contributed by atoms with Gasteiger partial charge in [-0.1, -0.05) is 19.3 Å². The van der Waals surface area contributed by atoms with Gasteiger partial charge in [-0.3, -0.25) is 0 Å². The number of nitrogens with two attached hydrogens (primary N) is 1. The topological polar surface area (TPSA) is 51.0 Å².